The van der Waals surface area contributed by atoms with E-state index >= 15 is 0 Å². The van der Waals surface area contributed by atoms with E-state index in [1.807, 2.05) is 0 Å². The molecule has 0 aliphatic rings. The quantitative estimate of drug-likeness (QED) is 0.762. The summed E-state index contributed by atoms with van der Waals surface area (Å²) in [4.78, 5) is 22.1. The second kappa shape index (κ2) is 4.36. The predicted molar refractivity (Wildman–Crippen MR) is 51.9 cm³/mol. The first-order valence-electron chi connectivity index (χ1n) is 3.85. The second-order valence-corrected chi connectivity index (χ2v) is 3.52. The number of nitrogens with zero attached hydrogens (tertiary/aromatic N) is 2. The monoisotopic (exact) mass is 260 g/mol. The number of carbonyl (C=O) groups excluding carboxylic acids is 2. The van der Waals surface area contributed by atoms with Crippen LogP contribution in [0.2, 0.25) is 0 Å². The van der Waals surface area contributed by atoms with Crippen LogP contribution in [-0.4, -0.2) is 28.6 Å². The van der Waals surface area contributed by atoms with E-state index in [-0.39, 0.29) is 18.0 Å². The highest BCUT2D eigenvalue weighted by molar-refractivity contribution is 9.10. The molecule has 0 aliphatic heterocycles. The molecule has 0 amide bonds. The molecule has 6 heteroatoms. The van der Waals surface area contributed by atoms with Crippen molar-refractivity contribution >= 4 is 27.7 Å². The first-order chi connectivity index (χ1) is 6.54. The maximum absolute atomic E-state index is 11.2. The third-order valence-electron chi connectivity index (χ3n) is 1.52. The minimum absolute atomic E-state index is 0.0655. The molecular formula is C8H9BrN2O3. The molecule has 0 spiro atoms. The number of methoxy groups -OCH3 is 1. The second-order valence-electron chi connectivity index (χ2n) is 2.70. The van der Waals surface area contributed by atoms with E-state index in [1.165, 1.54) is 24.8 Å². The van der Waals surface area contributed by atoms with Crippen LogP contribution in [0.25, 0.3) is 0 Å². The summed E-state index contributed by atoms with van der Waals surface area (Å²) in [7, 11) is 1.28. The maximum Gasteiger partial charge on any atom is 0.356 e. The fourth-order valence-electron chi connectivity index (χ4n) is 0.986. The van der Waals surface area contributed by atoms with Crippen molar-refractivity contribution in [3.05, 3.63) is 16.4 Å². The van der Waals surface area contributed by atoms with Crippen molar-refractivity contribution in [2.45, 2.75) is 13.5 Å². The summed E-state index contributed by atoms with van der Waals surface area (Å²) in [5.74, 6) is -0.588. The van der Waals surface area contributed by atoms with Crippen molar-refractivity contribution in [1.29, 1.82) is 0 Å². The van der Waals surface area contributed by atoms with Gasteiger partial charge in [0.05, 0.1) is 7.11 Å². The number of Topliss-reactive ketones (excluding diaryl/α,β-unsaturated/α-hetero) is 1. The average molecular weight is 261 g/mol. The van der Waals surface area contributed by atoms with Crippen LogP contribution in [0.4, 0.5) is 0 Å². The van der Waals surface area contributed by atoms with Crippen LogP contribution in [0.5, 0.6) is 0 Å². The molecular weight excluding hydrogens is 252 g/mol. The molecule has 0 fully saturated rings. The van der Waals surface area contributed by atoms with E-state index in [0.717, 1.165) is 0 Å². The zero-order valence-corrected chi connectivity index (χ0v) is 9.37. The first kappa shape index (κ1) is 10.9. The van der Waals surface area contributed by atoms with E-state index in [2.05, 4.69) is 25.8 Å². The van der Waals surface area contributed by atoms with Gasteiger partial charge >= 0.3 is 5.97 Å². The molecule has 1 aromatic heterocycles. The van der Waals surface area contributed by atoms with E-state index in [0.29, 0.717) is 4.60 Å². The Morgan fingerprint density at radius 3 is 2.79 bits per heavy atom. The van der Waals surface area contributed by atoms with Gasteiger partial charge in [-0.05, 0) is 22.9 Å². The molecule has 0 unspecified atom stereocenters. The molecule has 0 bridgehead atoms. The third kappa shape index (κ3) is 2.41. The summed E-state index contributed by atoms with van der Waals surface area (Å²) in [6, 6.07) is 1.51. The number of ether oxygens (including phenoxy) is 1. The van der Waals surface area contributed by atoms with Gasteiger partial charge in [0.1, 0.15) is 16.8 Å². The Hall–Kier alpha value is -1.17. The Balaban J connectivity index is 3.02. The average Bonchev–Trinajstić information content (AvgIpc) is 2.44. The number of carbonyl (C=O) groups is 2. The summed E-state index contributed by atoms with van der Waals surface area (Å²) < 4.78 is 6.34. The van der Waals surface area contributed by atoms with Crippen LogP contribution in [0.3, 0.4) is 0 Å². The van der Waals surface area contributed by atoms with Crippen LogP contribution in [0, 0.1) is 0 Å². The number of esters is 1. The molecule has 1 heterocycles. The fourth-order valence-corrected chi connectivity index (χ4v) is 1.39. The number of hydrogen-bond acceptors (Lipinski definition) is 4. The summed E-state index contributed by atoms with van der Waals surface area (Å²) in [6.07, 6.45) is 0. The molecule has 0 radical (unpaired) electrons. The Bertz CT molecular complexity index is 373. The van der Waals surface area contributed by atoms with Gasteiger partial charge in [0.15, 0.2) is 5.78 Å². The van der Waals surface area contributed by atoms with Crippen LogP contribution in [0.1, 0.15) is 17.4 Å². The van der Waals surface area contributed by atoms with Crippen LogP contribution >= 0.6 is 15.9 Å². The van der Waals surface area contributed by atoms with Crippen LogP contribution < -0.4 is 0 Å². The van der Waals surface area contributed by atoms with Gasteiger partial charge in [0, 0.05) is 6.07 Å². The third-order valence-corrected chi connectivity index (χ3v) is 1.90. The number of halogens is 1. The highest BCUT2D eigenvalue weighted by Gasteiger charge is 2.15. The molecule has 1 rings (SSSR count). The number of rotatable bonds is 3. The smallest absolute Gasteiger partial charge is 0.356 e. The lowest BCUT2D eigenvalue weighted by Crippen LogP contribution is -2.15. The van der Waals surface area contributed by atoms with Crippen molar-refractivity contribution in [1.82, 2.24) is 9.78 Å². The summed E-state index contributed by atoms with van der Waals surface area (Å²) in [5, 5.41) is 3.93. The van der Waals surface area contributed by atoms with Crippen molar-refractivity contribution in [2.24, 2.45) is 0 Å². The largest absolute Gasteiger partial charge is 0.464 e. The first-order valence-corrected chi connectivity index (χ1v) is 4.65. The summed E-state index contributed by atoms with van der Waals surface area (Å²) in [6.45, 7) is 1.49. The molecule has 0 aliphatic carbocycles. The molecule has 0 aromatic carbocycles. The lowest BCUT2D eigenvalue weighted by Gasteiger charge is -2.02. The highest BCUT2D eigenvalue weighted by Crippen LogP contribution is 2.11. The molecule has 0 saturated heterocycles. The highest BCUT2D eigenvalue weighted by atomic mass is 79.9. The van der Waals surface area contributed by atoms with Gasteiger partial charge in [0.25, 0.3) is 0 Å². The Morgan fingerprint density at radius 2 is 2.29 bits per heavy atom. The van der Waals surface area contributed by atoms with E-state index in [4.69, 9.17) is 0 Å². The van der Waals surface area contributed by atoms with Crippen molar-refractivity contribution in [2.75, 3.05) is 7.11 Å². The molecule has 0 N–H and O–H groups in total. The standard InChI is InChI=1S/C8H9BrN2O3/c1-5(12)4-11-6(8(13)14-2)3-7(9)10-11/h3H,4H2,1-2H3. The van der Waals surface area contributed by atoms with Gasteiger partial charge in [-0.15, -0.1) is 0 Å². The Labute approximate surface area is 89.2 Å². The maximum atomic E-state index is 11.2. The van der Waals surface area contributed by atoms with Crippen molar-refractivity contribution in [3.63, 3.8) is 0 Å². The molecule has 0 atom stereocenters. The minimum Gasteiger partial charge on any atom is -0.464 e. The lowest BCUT2D eigenvalue weighted by atomic mass is 10.4. The zero-order valence-electron chi connectivity index (χ0n) is 7.78. The summed E-state index contributed by atoms with van der Waals surface area (Å²) >= 11 is 3.12. The van der Waals surface area contributed by atoms with Gasteiger partial charge in [-0.25, -0.2) is 9.48 Å². The van der Waals surface area contributed by atoms with Gasteiger partial charge < -0.3 is 4.74 Å². The SMILES string of the molecule is COC(=O)c1cc(Br)nn1CC(C)=O. The topological polar surface area (TPSA) is 61.2 Å². The number of ketones is 1. The lowest BCUT2D eigenvalue weighted by molar-refractivity contribution is -0.117. The summed E-state index contributed by atoms with van der Waals surface area (Å²) in [5.41, 5.74) is 0.259. The van der Waals surface area contributed by atoms with Gasteiger partial charge in [-0.3, -0.25) is 4.79 Å². The van der Waals surface area contributed by atoms with Crippen LogP contribution in [-0.2, 0) is 16.1 Å². The van der Waals surface area contributed by atoms with Crippen molar-refractivity contribution < 1.29 is 14.3 Å². The van der Waals surface area contributed by atoms with Crippen molar-refractivity contribution in [3.8, 4) is 0 Å². The fraction of sp³-hybridized carbons (Fsp3) is 0.375. The number of aromatic nitrogens is 2. The molecule has 1 aromatic rings. The minimum atomic E-state index is -0.510. The van der Waals surface area contributed by atoms with Gasteiger partial charge in [0.2, 0.25) is 0 Å². The van der Waals surface area contributed by atoms with E-state index in [1.54, 1.807) is 0 Å². The van der Waals surface area contributed by atoms with E-state index < -0.39 is 5.97 Å². The van der Waals surface area contributed by atoms with Gasteiger partial charge in [-0.2, -0.15) is 5.10 Å². The number of hydrogen-bond donors (Lipinski definition) is 0. The Kier molecular flexibility index (Phi) is 3.40. The zero-order chi connectivity index (χ0) is 10.7. The molecule has 76 valence electrons. The molecule has 5 nitrogen and oxygen atoms in total. The van der Waals surface area contributed by atoms with E-state index in [9.17, 15) is 9.59 Å². The Morgan fingerprint density at radius 1 is 1.64 bits per heavy atom. The normalized spacial score (nSPS) is 9.93. The molecule has 14 heavy (non-hydrogen) atoms. The molecule has 0 saturated carbocycles. The van der Waals surface area contributed by atoms with Crippen LogP contribution in [0.15, 0.2) is 10.7 Å². The predicted octanol–water partition coefficient (Wildman–Crippen LogP) is 1.02. The van der Waals surface area contributed by atoms with Gasteiger partial charge in [-0.1, -0.05) is 0 Å².